The van der Waals surface area contributed by atoms with Crippen LogP contribution in [0.1, 0.15) is 27.1 Å². The minimum absolute atomic E-state index is 0.00491. The predicted octanol–water partition coefficient (Wildman–Crippen LogP) is 5.05. The van der Waals surface area contributed by atoms with Gasteiger partial charge < -0.3 is 0 Å². The molecule has 35 heavy (non-hydrogen) atoms. The third-order valence-corrected chi connectivity index (χ3v) is 8.81. The maximum absolute atomic E-state index is 13.7. The monoisotopic (exact) mass is 572 g/mol. The summed E-state index contributed by atoms with van der Waals surface area (Å²) in [6.07, 6.45) is 5.15. The van der Waals surface area contributed by atoms with Crippen molar-refractivity contribution in [3.63, 3.8) is 0 Å². The highest BCUT2D eigenvalue weighted by molar-refractivity contribution is 9.10. The number of carbonyl (C=O) groups is 4. The molecule has 5 aliphatic rings. The number of hydrazine groups is 1. The van der Waals surface area contributed by atoms with E-state index in [1.54, 1.807) is 24.3 Å². The summed E-state index contributed by atoms with van der Waals surface area (Å²) in [4.78, 5) is 54.3. The van der Waals surface area contributed by atoms with E-state index in [1.165, 1.54) is 18.2 Å². The first-order valence-electron chi connectivity index (χ1n) is 11.4. The Morgan fingerprint density at radius 3 is 2.11 bits per heavy atom. The molecule has 4 aliphatic carbocycles. The number of carbonyl (C=O) groups excluding carboxylic acids is 4. The number of allylic oxidation sites excluding steroid dienone is 2. The first-order chi connectivity index (χ1) is 16.8. The quantitative estimate of drug-likeness (QED) is 0.285. The minimum Gasteiger partial charge on any atom is -0.292 e. The Bertz CT molecular complexity index is 1290. The number of hydrogen-bond donors (Lipinski definition) is 0. The largest absolute Gasteiger partial charge is 0.292 e. The summed E-state index contributed by atoms with van der Waals surface area (Å²) >= 11 is 15.6. The molecule has 3 amide bonds. The number of rotatable bonds is 5. The van der Waals surface area contributed by atoms with Crippen LogP contribution in [0.15, 0.2) is 59.1 Å². The number of ketones is 1. The Morgan fingerprint density at radius 2 is 1.54 bits per heavy atom. The SMILES string of the molecule is O=C(CN(C(=O)c1ccc(Cl)cc1Cl)N1C(=O)[C@@H]2[C@H]3C=C[C@@H]([C@@H]4C[C@@H]34)[C@H]2C1=O)c1ccc(Br)cc1. The number of benzene rings is 2. The number of nitrogens with zero attached hydrogens (tertiary/aromatic N) is 2. The Balaban J connectivity index is 1.38. The second-order valence-electron chi connectivity index (χ2n) is 9.56. The van der Waals surface area contributed by atoms with Crippen molar-refractivity contribution >= 4 is 62.6 Å². The van der Waals surface area contributed by atoms with Crippen LogP contribution < -0.4 is 0 Å². The second-order valence-corrected chi connectivity index (χ2v) is 11.3. The fourth-order valence-electron chi connectivity index (χ4n) is 6.08. The standard InChI is InChI=1S/C26H19BrCl2N2O4/c27-13-3-1-12(2-4-13)21(32)11-30(24(33)17-6-5-14(28)9-20(17)29)31-25(34)22-15-7-8-16(19-10-18(15)19)23(22)26(31)35/h1-9,15-16,18-19,22-23H,10-11H2/t15-,16-,18-,19-,22+,23+/m0/s1. The van der Waals surface area contributed by atoms with Gasteiger partial charge in [0, 0.05) is 15.1 Å². The molecule has 0 spiro atoms. The lowest BCUT2D eigenvalue weighted by Gasteiger charge is -2.37. The van der Waals surface area contributed by atoms with E-state index < -0.39 is 41.9 Å². The molecule has 0 radical (unpaired) electrons. The molecule has 2 aromatic carbocycles. The highest BCUT2D eigenvalue weighted by atomic mass is 79.9. The van der Waals surface area contributed by atoms with Crippen LogP contribution in [0.3, 0.4) is 0 Å². The van der Waals surface area contributed by atoms with Gasteiger partial charge in [-0.05, 0) is 60.4 Å². The van der Waals surface area contributed by atoms with Gasteiger partial charge in [0.15, 0.2) is 5.78 Å². The van der Waals surface area contributed by atoms with Gasteiger partial charge in [0.05, 0.1) is 22.4 Å². The Morgan fingerprint density at radius 1 is 0.943 bits per heavy atom. The van der Waals surface area contributed by atoms with Gasteiger partial charge in [0.25, 0.3) is 17.7 Å². The van der Waals surface area contributed by atoms with Crippen molar-refractivity contribution < 1.29 is 19.2 Å². The zero-order valence-corrected chi connectivity index (χ0v) is 21.3. The molecule has 9 heteroatoms. The summed E-state index contributed by atoms with van der Waals surface area (Å²) in [7, 11) is 0. The first-order valence-corrected chi connectivity index (χ1v) is 12.9. The van der Waals surface area contributed by atoms with Gasteiger partial charge in [-0.3, -0.25) is 19.2 Å². The molecule has 2 saturated carbocycles. The van der Waals surface area contributed by atoms with Crippen molar-refractivity contribution in [1.82, 2.24) is 10.0 Å². The third kappa shape index (κ3) is 3.59. The predicted molar refractivity (Wildman–Crippen MR) is 133 cm³/mol. The normalized spacial score (nSPS) is 29.7. The molecule has 0 unspecified atom stereocenters. The molecule has 2 bridgehead atoms. The Kier molecular flexibility index (Phi) is 5.43. The van der Waals surface area contributed by atoms with Crippen molar-refractivity contribution in [1.29, 1.82) is 0 Å². The van der Waals surface area contributed by atoms with E-state index in [0.717, 1.165) is 20.9 Å². The first kappa shape index (κ1) is 23.0. The minimum atomic E-state index is -0.706. The summed E-state index contributed by atoms with van der Waals surface area (Å²) in [5.74, 6) is -2.13. The molecule has 0 N–H and O–H groups in total. The Hall–Kier alpha value is -2.48. The highest BCUT2D eigenvalue weighted by Gasteiger charge is 2.68. The molecule has 1 heterocycles. The molecular formula is C26H19BrCl2N2O4. The van der Waals surface area contributed by atoms with Gasteiger partial charge in [-0.15, -0.1) is 0 Å². The fraction of sp³-hybridized carbons (Fsp3) is 0.308. The maximum atomic E-state index is 13.7. The average molecular weight is 574 g/mol. The summed E-state index contributed by atoms with van der Waals surface area (Å²) in [6, 6.07) is 11.0. The highest BCUT2D eigenvalue weighted by Crippen LogP contribution is 2.65. The summed E-state index contributed by atoms with van der Waals surface area (Å²) < 4.78 is 0.797. The summed E-state index contributed by atoms with van der Waals surface area (Å²) in [5.41, 5.74) is 0.409. The van der Waals surface area contributed by atoms with Gasteiger partial charge in [-0.25, -0.2) is 5.01 Å². The second kappa shape index (κ2) is 8.29. The van der Waals surface area contributed by atoms with Crippen molar-refractivity contribution in [2.75, 3.05) is 6.54 Å². The van der Waals surface area contributed by atoms with Crippen LogP contribution in [0.2, 0.25) is 10.0 Å². The van der Waals surface area contributed by atoms with E-state index in [0.29, 0.717) is 22.4 Å². The molecule has 3 fully saturated rings. The van der Waals surface area contributed by atoms with E-state index in [9.17, 15) is 19.2 Å². The molecule has 7 rings (SSSR count). The van der Waals surface area contributed by atoms with E-state index in [2.05, 4.69) is 28.1 Å². The van der Waals surface area contributed by atoms with Crippen LogP contribution in [0, 0.1) is 35.5 Å². The molecule has 6 nitrogen and oxygen atoms in total. The molecule has 0 aromatic heterocycles. The van der Waals surface area contributed by atoms with Gasteiger partial charge in [-0.2, -0.15) is 5.01 Å². The van der Waals surface area contributed by atoms with E-state index in [1.807, 2.05) is 0 Å². The molecule has 2 aromatic rings. The number of hydrogen-bond acceptors (Lipinski definition) is 4. The van der Waals surface area contributed by atoms with Crippen LogP contribution in [-0.4, -0.2) is 40.1 Å². The fourth-order valence-corrected chi connectivity index (χ4v) is 6.83. The summed E-state index contributed by atoms with van der Waals surface area (Å²) in [5, 5.41) is 2.29. The topological polar surface area (TPSA) is 74.8 Å². The molecular weight excluding hydrogens is 555 g/mol. The molecule has 1 aliphatic heterocycles. The van der Waals surface area contributed by atoms with Crippen molar-refractivity contribution in [2.45, 2.75) is 6.42 Å². The van der Waals surface area contributed by atoms with E-state index in [4.69, 9.17) is 23.2 Å². The van der Waals surface area contributed by atoms with Gasteiger partial charge in [0.1, 0.15) is 6.54 Å². The summed E-state index contributed by atoms with van der Waals surface area (Å²) in [6.45, 7) is -0.480. The van der Waals surface area contributed by atoms with Gasteiger partial charge in [-0.1, -0.05) is 63.4 Å². The van der Waals surface area contributed by atoms with Gasteiger partial charge in [0.2, 0.25) is 0 Å². The Labute approximate surface area is 219 Å². The van der Waals surface area contributed by atoms with E-state index in [-0.39, 0.29) is 22.4 Å². The van der Waals surface area contributed by atoms with Crippen molar-refractivity contribution in [3.8, 4) is 0 Å². The van der Waals surface area contributed by atoms with Crippen molar-refractivity contribution in [2.24, 2.45) is 35.5 Å². The molecule has 178 valence electrons. The van der Waals surface area contributed by atoms with Crippen LogP contribution in [0.25, 0.3) is 0 Å². The lowest BCUT2D eigenvalue weighted by atomic mass is 9.63. The van der Waals surface area contributed by atoms with E-state index >= 15 is 0 Å². The smallest absolute Gasteiger partial charge is 0.274 e. The number of halogens is 3. The number of imide groups is 1. The maximum Gasteiger partial charge on any atom is 0.274 e. The lowest BCUT2D eigenvalue weighted by Crippen LogP contribution is -2.52. The van der Waals surface area contributed by atoms with Crippen LogP contribution in [0.5, 0.6) is 0 Å². The lowest BCUT2D eigenvalue weighted by molar-refractivity contribution is -0.154. The van der Waals surface area contributed by atoms with Crippen molar-refractivity contribution in [3.05, 3.63) is 80.3 Å². The molecule has 1 saturated heterocycles. The third-order valence-electron chi connectivity index (χ3n) is 7.74. The average Bonchev–Trinajstić information content (AvgIpc) is 3.61. The van der Waals surface area contributed by atoms with Crippen LogP contribution in [0.4, 0.5) is 0 Å². The zero-order valence-electron chi connectivity index (χ0n) is 18.2. The zero-order chi connectivity index (χ0) is 24.6. The number of amides is 3. The molecule has 6 atom stereocenters. The van der Waals surface area contributed by atoms with Gasteiger partial charge >= 0.3 is 0 Å². The number of Topliss-reactive ketones (excluding diaryl/α,β-unsaturated/α-hetero) is 1. The van der Waals surface area contributed by atoms with Crippen LogP contribution in [-0.2, 0) is 9.59 Å². The van der Waals surface area contributed by atoms with Crippen LogP contribution >= 0.6 is 39.1 Å².